The fourth-order valence-corrected chi connectivity index (χ4v) is 4.78. The molecule has 0 radical (unpaired) electrons. The van der Waals surface area contributed by atoms with Crippen LogP contribution in [0.4, 0.5) is 0 Å². The van der Waals surface area contributed by atoms with Crippen molar-refractivity contribution in [1.82, 2.24) is 9.80 Å². The van der Waals surface area contributed by atoms with Crippen molar-refractivity contribution in [2.45, 2.75) is 57.9 Å². The highest BCUT2D eigenvalue weighted by Gasteiger charge is 2.40. The van der Waals surface area contributed by atoms with Gasteiger partial charge in [0, 0.05) is 19.1 Å². The summed E-state index contributed by atoms with van der Waals surface area (Å²) < 4.78 is 5.20. The van der Waals surface area contributed by atoms with Crippen LogP contribution in [0.3, 0.4) is 0 Å². The van der Waals surface area contributed by atoms with Crippen molar-refractivity contribution in [3.63, 3.8) is 0 Å². The topological polar surface area (TPSA) is 84.0 Å². The molecule has 7 heteroatoms. The van der Waals surface area contributed by atoms with Gasteiger partial charge in [-0.1, -0.05) is 26.2 Å². The van der Waals surface area contributed by atoms with Gasteiger partial charge in [-0.25, -0.2) is 4.79 Å². The number of rotatable bonds is 4. The lowest BCUT2D eigenvalue weighted by molar-refractivity contribution is -0.136. The first-order chi connectivity index (χ1) is 14.5. The van der Waals surface area contributed by atoms with Crippen molar-refractivity contribution in [1.29, 1.82) is 0 Å². The second-order valence-electron chi connectivity index (χ2n) is 8.70. The zero-order chi connectivity index (χ0) is 21.3. The quantitative estimate of drug-likeness (QED) is 0.561. The fraction of sp³-hybridized carbons (Fsp3) is 0.565. The Morgan fingerprint density at radius 1 is 1.00 bits per heavy atom. The smallest absolute Gasteiger partial charge is 0.338 e. The van der Waals surface area contributed by atoms with Gasteiger partial charge in [-0.2, -0.15) is 0 Å². The predicted molar refractivity (Wildman–Crippen MR) is 109 cm³/mol. The van der Waals surface area contributed by atoms with Crippen molar-refractivity contribution < 1.29 is 23.9 Å². The monoisotopic (exact) mass is 412 g/mol. The molecule has 1 aromatic carbocycles. The van der Waals surface area contributed by atoms with Crippen LogP contribution in [0.5, 0.6) is 0 Å². The van der Waals surface area contributed by atoms with Crippen LogP contribution in [-0.2, 0) is 9.53 Å². The number of carbonyl (C=O) groups excluding carboxylic acids is 4. The maximum atomic E-state index is 12.9. The molecule has 1 saturated carbocycles. The average Bonchev–Trinajstić information content (AvgIpc) is 3.02. The summed E-state index contributed by atoms with van der Waals surface area (Å²) in [5.41, 5.74) is 0.761. The second-order valence-corrected chi connectivity index (χ2v) is 8.70. The molecule has 7 nitrogen and oxygen atoms in total. The predicted octanol–water partition coefficient (Wildman–Crippen LogP) is 3.03. The van der Waals surface area contributed by atoms with Crippen molar-refractivity contribution in [2.75, 3.05) is 19.7 Å². The van der Waals surface area contributed by atoms with Gasteiger partial charge in [0.05, 0.1) is 16.7 Å². The molecule has 3 amide bonds. The van der Waals surface area contributed by atoms with Gasteiger partial charge < -0.3 is 9.64 Å². The number of ether oxygens (including phenoxy) is 1. The summed E-state index contributed by atoms with van der Waals surface area (Å²) in [6.07, 6.45) is 6.88. The Morgan fingerprint density at radius 2 is 1.73 bits per heavy atom. The lowest BCUT2D eigenvalue weighted by Gasteiger charge is -2.30. The number of hydrogen-bond acceptors (Lipinski definition) is 5. The van der Waals surface area contributed by atoms with Crippen LogP contribution in [-0.4, -0.2) is 59.2 Å². The Hall–Kier alpha value is -2.70. The van der Waals surface area contributed by atoms with Crippen LogP contribution < -0.4 is 0 Å². The SMILES string of the molecule is CC1CCCN(C(=O)COC(=O)c2ccc3c(c2)C(=O)N(C2CCCCC2)C3=O)C1. The summed E-state index contributed by atoms with van der Waals surface area (Å²) in [5.74, 6) is -1.03. The van der Waals surface area contributed by atoms with Gasteiger partial charge in [0.1, 0.15) is 0 Å². The summed E-state index contributed by atoms with van der Waals surface area (Å²) in [5, 5.41) is 0. The third kappa shape index (κ3) is 3.98. The number of benzene rings is 1. The fourth-order valence-electron chi connectivity index (χ4n) is 4.78. The van der Waals surface area contributed by atoms with E-state index in [2.05, 4.69) is 6.92 Å². The summed E-state index contributed by atoms with van der Waals surface area (Å²) in [4.78, 5) is 53.5. The van der Waals surface area contributed by atoms with Gasteiger partial charge in [0.15, 0.2) is 6.61 Å². The van der Waals surface area contributed by atoms with Crippen molar-refractivity contribution in [2.24, 2.45) is 5.92 Å². The molecule has 1 unspecified atom stereocenters. The van der Waals surface area contributed by atoms with Gasteiger partial charge in [0.2, 0.25) is 0 Å². The molecule has 1 saturated heterocycles. The van der Waals surface area contributed by atoms with Crippen molar-refractivity contribution >= 4 is 23.7 Å². The minimum atomic E-state index is -0.660. The number of nitrogens with zero attached hydrogens (tertiary/aromatic N) is 2. The Bertz CT molecular complexity index is 874. The van der Waals surface area contributed by atoms with Crippen LogP contribution in [0.2, 0.25) is 0 Å². The third-order valence-electron chi connectivity index (χ3n) is 6.43. The number of piperidine rings is 1. The molecular formula is C23H28N2O5. The zero-order valence-electron chi connectivity index (χ0n) is 17.4. The Balaban J connectivity index is 1.41. The molecule has 0 N–H and O–H groups in total. The van der Waals surface area contributed by atoms with E-state index in [0.29, 0.717) is 24.6 Å². The lowest BCUT2D eigenvalue weighted by Crippen LogP contribution is -2.41. The molecule has 160 valence electrons. The number of esters is 1. The summed E-state index contributed by atoms with van der Waals surface area (Å²) in [7, 11) is 0. The third-order valence-corrected chi connectivity index (χ3v) is 6.43. The molecule has 2 heterocycles. The highest BCUT2D eigenvalue weighted by atomic mass is 16.5. The Morgan fingerprint density at radius 3 is 2.47 bits per heavy atom. The first kappa shape index (κ1) is 20.6. The van der Waals surface area contributed by atoms with E-state index in [1.165, 1.54) is 23.1 Å². The number of hydrogen-bond donors (Lipinski definition) is 0. The van der Waals surface area contributed by atoms with E-state index in [9.17, 15) is 19.2 Å². The molecule has 2 fully saturated rings. The minimum absolute atomic E-state index is 0.0638. The zero-order valence-corrected chi connectivity index (χ0v) is 17.4. The van der Waals surface area contributed by atoms with Crippen LogP contribution in [0, 0.1) is 5.92 Å². The summed E-state index contributed by atoms with van der Waals surface area (Å²) in [6, 6.07) is 4.37. The maximum Gasteiger partial charge on any atom is 0.338 e. The van der Waals surface area contributed by atoms with E-state index in [-0.39, 0.29) is 41.5 Å². The van der Waals surface area contributed by atoms with Gasteiger partial charge in [-0.05, 0) is 49.8 Å². The molecule has 1 aromatic rings. The summed E-state index contributed by atoms with van der Waals surface area (Å²) >= 11 is 0. The van der Waals surface area contributed by atoms with Crippen LogP contribution in [0.15, 0.2) is 18.2 Å². The number of likely N-dealkylation sites (tertiary alicyclic amines) is 1. The van der Waals surface area contributed by atoms with E-state index in [0.717, 1.165) is 44.9 Å². The van der Waals surface area contributed by atoms with E-state index >= 15 is 0 Å². The molecule has 0 aromatic heterocycles. The normalized spacial score (nSPS) is 22.2. The molecule has 0 spiro atoms. The Labute approximate surface area is 176 Å². The van der Waals surface area contributed by atoms with E-state index in [1.54, 1.807) is 4.90 Å². The first-order valence-corrected chi connectivity index (χ1v) is 10.9. The average molecular weight is 412 g/mol. The molecule has 30 heavy (non-hydrogen) atoms. The van der Waals surface area contributed by atoms with Crippen molar-refractivity contribution in [3.05, 3.63) is 34.9 Å². The van der Waals surface area contributed by atoms with Crippen molar-refractivity contribution in [3.8, 4) is 0 Å². The molecule has 2 aliphatic heterocycles. The Kier molecular flexibility index (Phi) is 5.88. The number of carbonyl (C=O) groups is 4. The minimum Gasteiger partial charge on any atom is -0.452 e. The van der Waals surface area contributed by atoms with Gasteiger partial charge in [-0.3, -0.25) is 19.3 Å². The van der Waals surface area contributed by atoms with E-state index in [1.807, 2.05) is 0 Å². The molecular weight excluding hydrogens is 384 g/mol. The number of fused-ring (bicyclic) bond motifs is 1. The second kappa shape index (κ2) is 8.58. The van der Waals surface area contributed by atoms with Crippen LogP contribution in [0.1, 0.15) is 82.9 Å². The maximum absolute atomic E-state index is 12.9. The van der Waals surface area contributed by atoms with Crippen LogP contribution in [0.25, 0.3) is 0 Å². The highest BCUT2D eigenvalue weighted by Crippen LogP contribution is 2.31. The van der Waals surface area contributed by atoms with Crippen LogP contribution >= 0.6 is 0 Å². The number of imide groups is 1. The van der Waals surface area contributed by atoms with Gasteiger partial charge in [0.25, 0.3) is 17.7 Å². The molecule has 4 rings (SSSR count). The molecule has 0 bridgehead atoms. The highest BCUT2D eigenvalue weighted by molar-refractivity contribution is 6.22. The molecule has 1 atom stereocenters. The number of amides is 3. The largest absolute Gasteiger partial charge is 0.452 e. The summed E-state index contributed by atoms with van der Waals surface area (Å²) in [6.45, 7) is 3.16. The van der Waals surface area contributed by atoms with Gasteiger partial charge >= 0.3 is 5.97 Å². The molecule has 1 aliphatic carbocycles. The standard InChI is InChI=1S/C23H28N2O5/c1-15-6-5-11-24(13-15)20(26)14-30-23(29)16-9-10-18-19(12-16)22(28)25(21(18)27)17-7-3-2-4-8-17/h9-10,12,15,17H,2-8,11,13-14H2,1H3. The first-order valence-electron chi connectivity index (χ1n) is 10.9. The lowest BCUT2D eigenvalue weighted by atomic mass is 9.94. The van der Waals surface area contributed by atoms with E-state index in [4.69, 9.17) is 4.74 Å². The van der Waals surface area contributed by atoms with Gasteiger partial charge in [-0.15, -0.1) is 0 Å². The molecule has 3 aliphatic rings. The van der Waals surface area contributed by atoms with E-state index < -0.39 is 5.97 Å².